The van der Waals surface area contributed by atoms with Crippen LogP contribution in [-0.4, -0.2) is 23.6 Å². The van der Waals surface area contributed by atoms with Crippen LogP contribution in [0.1, 0.15) is 39.0 Å². The molecule has 3 heteroatoms. The summed E-state index contributed by atoms with van der Waals surface area (Å²) < 4.78 is 4.94. The lowest BCUT2D eigenvalue weighted by Gasteiger charge is -2.09. The van der Waals surface area contributed by atoms with Crippen molar-refractivity contribution in [2.45, 2.75) is 45.1 Å². The van der Waals surface area contributed by atoms with Crippen LogP contribution in [0.25, 0.3) is 0 Å². The average Bonchev–Trinajstić information content (AvgIpc) is 2.88. The highest BCUT2D eigenvalue weighted by Crippen LogP contribution is 2.39. The summed E-state index contributed by atoms with van der Waals surface area (Å²) in [5, 5.41) is 0. The number of carbonyl (C=O) groups excluding carboxylic acids is 1. The van der Waals surface area contributed by atoms with Crippen LogP contribution in [0.15, 0.2) is 11.8 Å². The summed E-state index contributed by atoms with van der Waals surface area (Å²) in [6.45, 7) is 2.79. The molecule has 0 aromatic heterocycles. The van der Waals surface area contributed by atoms with E-state index in [2.05, 4.69) is 13.0 Å². The number of allylic oxidation sites excluding steroid dienone is 1. The van der Waals surface area contributed by atoms with Crippen molar-refractivity contribution in [1.82, 2.24) is 4.90 Å². The third-order valence-electron chi connectivity index (χ3n) is 2.84. The Balaban J connectivity index is 1.80. The monoisotopic (exact) mass is 195 g/mol. The number of unbranched alkanes of at least 4 members (excludes halogenated alkanes) is 3. The van der Waals surface area contributed by atoms with Crippen LogP contribution in [0, 0.1) is 0 Å². The molecule has 0 N–H and O–H groups in total. The highest BCUT2D eigenvalue weighted by molar-refractivity contribution is 5.77. The molecule has 3 nitrogen and oxygen atoms in total. The summed E-state index contributed by atoms with van der Waals surface area (Å²) in [6.07, 6.45) is 7.89. The summed E-state index contributed by atoms with van der Waals surface area (Å²) in [5.74, 6) is 0. The Bertz CT molecular complexity index is 260. The highest BCUT2D eigenvalue weighted by atomic mass is 16.6. The van der Waals surface area contributed by atoms with Gasteiger partial charge in [0.1, 0.15) is 0 Å². The van der Waals surface area contributed by atoms with Gasteiger partial charge in [-0.3, -0.25) is 4.90 Å². The molecule has 14 heavy (non-hydrogen) atoms. The fourth-order valence-electron chi connectivity index (χ4n) is 1.97. The van der Waals surface area contributed by atoms with Crippen LogP contribution in [0.4, 0.5) is 4.79 Å². The Morgan fingerprint density at radius 2 is 2.43 bits per heavy atom. The van der Waals surface area contributed by atoms with Crippen LogP contribution in [0.5, 0.6) is 0 Å². The van der Waals surface area contributed by atoms with E-state index in [0.29, 0.717) is 12.6 Å². The lowest BCUT2D eigenvalue weighted by Crippen LogP contribution is -2.22. The highest BCUT2D eigenvalue weighted by Gasteiger charge is 2.48. The molecule has 0 aliphatic carbocycles. The van der Waals surface area contributed by atoms with Gasteiger partial charge in [0.2, 0.25) is 0 Å². The maximum Gasteiger partial charge on any atom is 0.414 e. The van der Waals surface area contributed by atoms with Crippen LogP contribution in [-0.2, 0) is 4.74 Å². The molecule has 2 saturated heterocycles. The minimum Gasteiger partial charge on any atom is -0.449 e. The molecule has 2 aliphatic rings. The number of fused-ring (bicyclic) bond motifs is 1. The van der Waals surface area contributed by atoms with E-state index in [1.807, 2.05) is 0 Å². The van der Waals surface area contributed by atoms with Gasteiger partial charge < -0.3 is 4.74 Å². The molecule has 0 bridgehead atoms. The van der Waals surface area contributed by atoms with Crippen LogP contribution in [0.2, 0.25) is 0 Å². The molecule has 1 atom stereocenters. The second-order valence-corrected chi connectivity index (χ2v) is 3.91. The van der Waals surface area contributed by atoms with E-state index in [4.69, 9.17) is 4.74 Å². The van der Waals surface area contributed by atoms with Crippen molar-refractivity contribution in [1.29, 1.82) is 0 Å². The van der Waals surface area contributed by atoms with Crippen molar-refractivity contribution >= 4 is 6.09 Å². The van der Waals surface area contributed by atoms with E-state index in [1.165, 1.54) is 25.0 Å². The van der Waals surface area contributed by atoms with Gasteiger partial charge in [0.15, 0.2) is 0 Å². The molecular formula is C11H17NO2. The van der Waals surface area contributed by atoms with Gasteiger partial charge in [0.25, 0.3) is 0 Å². The summed E-state index contributed by atoms with van der Waals surface area (Å²) in [5.41, 5.74) is 1.20. The summed E-state index contributed by atoms with van der Waals surface area (Å²) in [4.78, 5) is 13.0. The third-order valence-corrected chi connectivity index (χ3v) is 2.84. The number of hydrogen-bond donors (Lipinski definition) is 0. The Labute approximate surface area is 84.7 Å². The van der Waals surface area contributed by atoms with Crippen molar-refractivity contribution < 1.29 is 9.53 Å². The Morgan fingerprint density at radius 3 is 3.14 bits per heavy atom. The predicted molar refractivity (Wildman–Crippen MR) is 53.8 cm³/mol. The first kappa shape index (κ1) is 9.56. The van der Waals surface area contributed by atoms with Gasteiger partial charge in [-0.05, 0) is 12.8 Å². The first-order chi connectivity index (χ1) is 6.84. The lowest BCUT2D eigenvalue weighted by atomic mass is 10.2. The first-order valence-electron chi connectivity index (χ1n) is 5.50. The van der Waals surface area contributed by atoms with Crippen LogP contribution >= 0.6 is 0 Å². The minimum atomic E-state index is -0.150. The Kier molecular flexibility index (Phi) is 2.75. The molecule has 1 unspecified atom stereocenters. The van der Waals surface area contributed by atoms with Gasteiger partial charge in [-0.15, -0.1) is 0 Å². The first-order valence-corrected chi connectivity index (χ1v) is 5.50. The predicted octanol–water partition coefficient (Wildman–Crippen LogP) is 2.68. The molecule has 1 amide bonds. The topological polar surface area (TPSA) is 29.3 Å². The number of rotatable bonds is 4. The van der Waals surface area contributed by atoms with Gasteiger partial charge in [0, 0.05) is 12.1 Å². The van der Waals surface area contributed by atoms with Gasteiger partial charge in [-0.25, -0.2) is 4.79 Å². The molecule has 0 spiro atoms. The average molecular weight is 195 g/mol. The number of ether oxygens (including phenoxy) is 1. The van der Waals surface area contributed by atoms with Crippen molar-refractivity contribution in [2.24, 2.45) is 0 Å². The number of amides is 1. The van der Waals surface area contributed by atoms with E-state index >= 15 is 0 Å². The number of nitrogens with zero attached hydrogens (tertiary/aromatic N) is 1. The van der Waals surface area contributed by atoms with E-state index in [0.717, 1.165) is 12.8 Å². The molecule has 2 fully saturated rings. The number of carbonyl (C=O) groups is 1. The molecule has 0 aromatic rings. The largest absolute Gasteiger partial charge is 0.449 e. The zero-order valence-electron chi connectivity index (χ0n) is 8.66. The zero-order chi connectivity index (χ0) is 9.97. The molecule has 2 heterocycles. The lowest BCUT2D eigenvalue weighted by molar-refractivity contribution is 0.111. The fraction of sp³-hybridized carbons (Fsp3) is 0.727. The molecule has 0 aromatic carbocycles. The normalized spacial score (nSPS) is 27.5. The third kappa shape index (κ3) is 1.76. The molecule has 2 rings (SSSR count). The molecule has 2 aliphatic heterocycles. The summed E-state index contributed by atoms with van der Waals surface area (Å²) in [6, 6.07) is 0.387. The summed E-state index contributed by atoms with van der Waals surface area (Å²) in [7, 11) is 0. The number of cyclic esters (lactones) is 1. The van der Waals surface area contributed by atoms with E-state index in [9.17, 15) is 4.79 Å². The molecule has 0 saturated carbocycles. The van der Waals surface area contributed by atoms with Crippen LogP contribution in [0.3, 0.4) is 0 Å². The molecule has 0 radical (unpaired) electrons. The maximum atomic E-state index is 11.2. The second-order valence-electron chi connectivity index (χ2n) is 3.91. The quantitative estimate of drug-likeness (QED) is 0.510. The standard InChI is InChI=1S/C11H17NO2/c1-2-3-4-5-6-9-10-7-8-14-11(13)12(9)10/h6,10H,2-5,7-8H2,1H3. The zero-order valence-corrected chi connectivity index (χ0v) is 8.66. The minimum absolute atomic E-state index is 0.150. The Morgan fingerprint density at radius 1 is 1.57 bits per heavy atom. The van der Waals surface area contributed by atoms with Gasteiger partial charge in [-0.2, -0.15) is 0 Å². The Hall–Kier alpha value is -0.990. The van der Waals surface area contributed by atoms with Gasteiger partial charge >= 0.3 is 6.09 Å². The fourth-order valence-corrected chi connectivity index (χ4v) is 1.97. The van der Waals surface area contributed by atoms with Crippen molar-refractivity contribution in [3.63, 3.8) is 0 Å². The SMILES string of the molecule is CCCCCC=C1C2CCOC(=O)N12. The van der Waals surface area contributed by atoms with Crippen molar-refractivity contribution in [3.8, 4) is 0 Å². The van der Waals surface area contributed by atoms with Gasteiger partial charge in [-0.1, -0.05) is 25.8 Å². The van der Waals surface area contributed by atoms with Crippen molar-refractivity contribution in [2.75, 3.05) is 6.61 Å². The molecular weight excluding hydrogens is 178 g/mol. The molecule has 78 valence electrons. The smallest absolute Gasteiger partial charge is 0.414 e. The number of hydrogen-bond acceptors (Lipinski definition) is 2. The van der Waals surface area contributed by atoms with Gasteiger partial charge in [0.05, 0.1) is 12.6 Å². The van der Waals surface area contributed by atoms with E-state index in [1.54, 1.807) is 4.90 Å². The van der Waals surface area contributed by atoms with E-state index in [-0.39, 0.29) is 6.09 Å². The van der Waals surface area contributed by atoms with Crippen molar-refractivity contribution in [3.05, 3.63) is 11.8 Å². The van der Waals surface area contributed by atoms with E-state index < -0.39 is 0 Å². The maximum absolute atomic E-state index is 11.2. The van der Waals surface area contributed by atoms with Crippen LogP contribution < -0.4 is 0 Å². The summed E-state index contributed by atoms with van der Waals surface area (Å²) >= 11 is 0. The second kappa shape index (κ2) is 4.03.